The van der Waals surface area contributed by atoms with Crippen LogP contribution in [-0.4, -0.2) is 30.7 Å². The Morgan fingerprint density at radius 1 is 1.33 bits per heavy atom. The zero-order chi connectivity index (χ0) is 15.5. The molecule has 0 saturated heterocycles. The first-order valence-corrected chi connectivity index (χ1v) is 8.19. The van der Waals surface area contributed by atoms with Gasteiger partial charge in [-0.15, -0.1) is 0 Å². The lowest BCUT2D eigenvalue weighted by Gasteiger charge is -1.99. The fourth-order valence-electron chi connectivity index (χ4n) is 1.55. The standard InChI is InChI=1S/C12H12ClN3O4S/c1-21(18,19)16-10(17)6-7-11-14-12(15-20-11)8-2-4-9(13)5-3-8/h2-5H,6-7H2,1H3,(H,16,17). The third-order valence-electron chi connectivity index (χ3n) is 2.44. The van der Waals surface area contributed by atoms with E-state index in [9.17, 15) is 13.2 Å². The second-order valence-corrected chi connectivity index (χ2v) is 6.50. The van der Waals surface area contributed by atoms with E-state index in [-0.39, 0.29) is 18.7 Å². The number of amides is 1. The molecule has 0 aliphatic carbocycles. The molecule has 1 aromatic heterocycles. The van der Waals surface area contributed by atoms with E-state index in [2.05, 4.69) is 10.1 Å². The molecule has 2 aromatic rings. The minimum atomic E-state index is -3.55. The number of rotatable bonds is 5. The van der Waals surface area contributed by atoms with Crippen LogP contribution in [0.3, 0.4) is 0 Å². The Morgan fingerprint density at radius 2 is 2.00 bits per heavy atom. The van der Waals surface area contributed by atoms with Crippen molar-refractivity contribution >= 4 is 27.5 Å². The molecule has 0 radical (unpaired) electrons. The normalized spacial score (nSPS) is 11.3. The number of sulfonamides is 1. The molecule has 0 bridgehead atoms. The van der Waals surface area contributed by atoms with Crippen LogP contribution >= 0.6 is 11.6 Å². The molecule has 0 spiro atoms. The van der Waals surface area contributed by atoms with Gasteiger partial charge in [-0.25, -0.2) is 8.42 Å². The third-order valence-corrected chi connectivity index (χ3v) is 3.29. The SMILES string of the molecule is CS(=O)(=O)NC(=O)CCc1nc(-c2ccc(Cl)cc2)no1. The highest BCUT2D eigenvalue weighted by atomic mass is 35.5. The number of hydrogen-bond donors (Lipinski definition) is 1. The Hall–Kier alpha value is -1.93. The maximum Gasteiger partial charge on any atom is 0.233 e. The minimum absolute atomic E-state index is 0.0602. The minimum Gasteiger partial charge on any atom is -0.339 e. The van der Waals surface area contributed by atoms with Gasteiger partial charge in [0.2, 0.25) is 27.6 Å². The Labute approximate surface area is 126 Å². The zero-order valence-corrected chi connectivity index (χ0v) is 12.6. The van der Waals surface area contributed by atoms with Gasteiger partial charge in [-0.05, 0) is 24.3 Å². The van der Waals surface area contributed by atoms with E-state index < -0.39 is 15.9 Å². The predicted molar refractivity (Wildman–Crippen MR) is 76.1 cm³/mol. The van der Waals surface area contributed by atoms with Crippen LogP contribution in [0.25, 0.3) is 11.4 Å². The zero-order valence-electron chi connectivity index (χ0n) is 11.0. The molecular weight excluding hydrogens is 318 g/mol. The van der Waals surface area contributed by atoms with Gasteiger partial charge < -0.3 is 4.52 Å². The summed E-state index contributed by atoms with van der Waals surface area (Å²) in [6.45, 7) is 0. The van der Waals surface area contributed by atoms with E-state index in [1.165, 1.54) is 0 Å². The van der Waals surface area contributed by atoms with Crippen LogP contribution in [0.4, 0.5) is 0 Å². The van der Waals surface area contributed by atoms with Crippen LogP contribution in [0.5, 0.6) is 0 Å². The van der Waals surface area contributed by atoms with Gasteiger partial charge in [-0.3, -0.25) is 9.52 Å². The van der Waals surface area contributed by atoms with E-state index >= 15 is 0 Å². The quantitative estimate of drug-likeness (QED) is 0.889. The Kier molecular flexibility index (Phi) is 4.59. The highest BCUT2D eigenvalue weighted by Gasteiger charge is 2.12. The average molecular weight is 330 g/mol. The number of aryl methyl sites for hydroxylation is 1. The number of halogens is 1. The van der Waals surface area contributed by atoms with Gasteiger partial charge in [0, 0.05) is 23.4 Å². The molecule has 0 aliphatic heterocycles. The van der Waals surface area contributed by atoms with Gasteiger partial charge in [0.15, 0.2) is 0 Å². The predicted octanol–water partition coefficient (Wildman–Crippen LogP) is 1.40. The van der Waals surface area contributed by atoms with Crippen molar-refractivity contribution in [2.75, 3.05) is 6.26 Å². The smallest absolute Gasteiger partial charge is 0.233 e. The van der Waals surface area contributed by atoms with Crippen molar-refractivity contribution < 1.29 is 17.7 Å². The van der Waals surface area contributed by atoms with E-state index in [4.69, 9.17) is 16.1 Å². The number of benzene rings is 1. The number of carbonyl (C=O) groups is 1. The summed E-state index contributed by atoms with van der Waals surface area (Å²) in [5.41, 5.74) is 0.731. The maximum atomic E-state index is 11.4. The second kappa shape index (κ2) is 6.23. The molecule has 1 N–H and O–H groups in total. The average Bonchev–Trinajstić information content (AvgIpc) is 2.84. The summed E-state index contributed by atoms with van der Waals surface area (Å²) in [4.78, 5) is 15.5. The number of carbonyl (C=O) groups excluding carboxylic acids is 1. The lowest BCUT2D eigenvalue weighted by Crippen LogP contribution is -2.29. The number of aromatic nitrogens is 2. The van der Waals surface area contributed by atoms with Gasteiger partial charge in [0.05, 0.1) is 6.26 Å². The van der Waals surface area contributed by atoms with Crippen LogP contribution in [0, 0.1) is 0 Å². The molecule has 112 valence electrons. The number of nitrogens with zero attached hydrogens (tertiary/aromatic N) is 2. The van der Waals surface area contributed by atoms with Crippen molar-refractivity contribution in [2.24, 2.45) is 0 Å². The van der Waals surface area contributed by atoms with Crippen LogP contribution in [0.15, 0.2) is 28.8 Å². The van der Waals surface area contributed by atoms with Gasteiger partial charge in [0.25, 0.3) is 0 Å². The topological polar surface area (TPSA) is 102 Å². The molecule has 0 unspecified atom stereocenters. The molecule has 0 fully saturated rings. The Bertz CT molecular complexity index is 740. The summed E-state index contributed by atoms with van der Waals surface area (Å²) in [6.07, 6.45) is 1.01. The number of hydrogen-bond acceptors (Lipinski definition) is 6. The molecule has 1 amide bonds. The Balaban J connectivity index is 1.97. The number of nitrogens with one attached hydrogen (secondary N) is 1. The third kappa shape index (κ3) is 4.83. The van der Waals surface area contributed by atoms with Crippen molar-refractivity contribution in [3.8, 4) is 11.4 Å². The fourth-order valence-corrected chi connectivity index (χ4v) is 2.19. The molecule has 0 saturated carbocycles. The van der Waals surface area contributed by atoms with Gasteiger partial charge >= 0.3 is 0 Å². The van der Waals surface area contributed by atoms with Crippen molar-refractivity contribution in [3.05, 3.63) is 35.2 Å². The fraction of sp³-hybridized carbons (Fsp3) is 0.250. The summed E-state index contributed by atoms with van der Waals surface area (Å²) in [7, 11) is -3.55. The molecule has 1 heterocycles. The molecule has 0 aliphatic rings. The summed E-state index contributed by atoms with van der Waals surface area (Å²) in [5, 5.41) is 4.39. The lowest BCUT2D eigenvalue weighted by atomic mass is 10.2. The van der Waals surface area contributed by atoms with Crippen LogP contribution in [0.1, 0.15) is 12.3 Å². The lowest BCUT2D eigenvalue weighted by molar-refractivity contribution is -0.119. The summed E-state index contributed by atoms with van der Waals surface area (Å²) in [5.74, 6) is 0.0116. The molecule has 0 atom stereocenters. The summed E-state index contributed by atoms with van der Waals surface area (Å²) < 4.78 is 28.6. The first-order valence-electron chi connectivity index (χ1n) is 5.92. The molecule has 7 nitrogen and oxygen atoms in total. The van der Waals surface area contributed by atoms with E-state index in [1.807, 2.05) is 4.72 Å². The first kappa shape index (κ1) is 15.5. The summed E-state index contributed by atoms with van der Waals surface area (Å²) in [6, 6.07) is 6.89. The molecule has 21 heavy (non-hydrogen) atoms. The van der Waals surface area contributed by atoms with Gasteiger partial charge in [-0.2, -0.15) is 4.98 Å². The van der Waals surface area contributed by atoms with Gasteiger partial charge in [-0.1, -0.05) is 16.8 Å². The van der Waals surface area contributed by atoms with Crippen molar-refractivity contribution in [2.45, 2.75) is 12.8 Å². The van der Waals surface area contributed by atoms with Crippen LogP contribution in [0.2, 0.25) is 5.02 Å². The van der Waals surface area contributed by atoms with E-state index in [0.29, 0.717) is 10.8 Å². The molecule has 1 aromatic carbocycles. The van der Waals surface area contributed by atoms with Crippen molar-refractivity contribution in [1.29, 1.82) is 0 Å². The highest BCUT2D eigenvalue weighted by molar-refractivity contribution is 7.89. The monoisotopic (exact) mass is 329 g/mol. The maximum absolute atomic E-state index is 11.4. The van der Waals surface area contributed by atoms with Crippen molar-refractivity contribution in [1.82, 2.24) is 14.9 Å². The first-order chi connectivity index (χ1) is 9.83. The van der Waals surface area contributed by atoms with Crippen LogP contribution < -0.4 is 4.72 Å². The second-order valence-electron chi connectivity index (χ2n) is 4.32. The molecule has 2 rings (SSSR count). The largest absolute Gasteiger partial charge is 0.339 e. The summed E-state index contributed by atoms with van der Waals surface area (Å²) >= 11 is 5.78. The molecule has 9 heteroatoms. The van der Waals surface area contributed by atoms with E-state index in [0.717, 1.165) is 11.8 Å². The van der Waals surface area contributed by atoms with E-state index in [1.54, 1.807) is 24.3 Å². The van der Waals surface area contributed by atoms with Crippen molar-refractivity contribution in [3.63, 3.8) is 0 Å². The van der Waals surface area contributed by atoms with Gasteiger partial charge in [0.1, 0.15) is 0 Å². The highest BCUT2D eigenvalue weighted by Crippen LogP contribution is 2.18. The van der Waals surface area contributed by atoms with Crippen LogP contribution in [-0.2, 0) is 21.2 Å². The Morgan fingerprint density at radius 3 is 2.62 bits per heavy atom. The molecular formula is C12H12ClN3O4S.